The Morgan fingerprint density at radius 1 is 1.24 bits per heavy atom. The first kappa shape index (κ1) is 13.9. The highest BCUT2D eigenvalue weighted by Gasteiger charge is 2.23. The average molecular weight is 284 g/mol. The van der Waals surface area contributed by atoms with Crippen molar-refractivity contribution in [1.29, 1.82) is 0 Å². The molecule has 4 heteroatoms. The third-order valence-electron chi connectivity index (χ3n) is 3.82. The number of methoxy groups -OCH3 is 1. The van der Waals surface area contributed by atoms with Crippen LogP contribution in [0.1, 0.15) is 29.7 Å². The van der Waals surface area contributed by atoms with Crippen LogP contribution in [0.15, 0.2) is 36.7 Å². The molecule has 0 bridgehead atoms. The number of pyridine rings is 1. The number of aromatic nitrogens is 1. The highest BCUT2D eigenvalue weighted by molar-refractivity contribution is 5.51. The minimum Gasteiger partial charge on any atom is -0.493 e. The summed E-state index contributed by atoms with van der Waals surface area (Å²) in [5.74, 6) is 1.62. The number of ether oxygens (including phenoxy) is 2. The Morgan fingerprint density at radius 2 is 2.05 bits per heavy atom. The van der Waals surface area contributed by atoms with Gasteiger partial charge in [0.25, 0.3) is 0 Å². The Hall–Kier alpha value is -2.07. The van der Waals surface area contributed by atoms with Crippen molar-refractivity contribution in [3.05, 3.63) is 53.3 Å². The number of hydrogen-bond donors (Lipinski definition) is 1. The summed E-state index contributed by atoms with van der Waals surface area (Å²) in [5.41, 5.74) is 3.80. The minimum absolute atomic E-state index is 0.182. The third kappa shape index (κ3) is 2.72. The molecule has 0 saturated heterocycles. The van der Waals surface area contributed by atoms with Gasteiger partial charge in [-0.3, -0.25) is 4.98 Å². The van der Waals surface area contributed by atoms with Crippen molar-refractivity contribution in [3.8, 4) is 11.5 Å². The third-order valence-corrected chi connectivity index (χ3v) is 3.82. The Bertz CT molecular complexity index is 614. The van der Waals surface area contributed by atoms with Gasteiger partial charge >= 0.3 is 0 Å². The topological polar surface area (TPSA) is 43.4 Å². The number of benzene rings is 1. The molecule has 0 fully saturated rings. The van der Waals surface area contributed by atoms with Gasteiger partial charge in [-0.1, -0.05) is 0 Å². The fourth-order valence-corrected chi connectivity index (χ4v) is 2.85. The smallest absolute Gasteiger partial charge is 0.161 e. The zero-order valence-corrected chi connectivity index (χ0v) is 12.4. The Labute approximate surface area is 125 Å². The molecule has 3 rings (SSSR count). The van der Waals surface area contributed by atoms with Crippen LogP contribution >= 0.6 is 0 Å². The molecule has 1 aliphatic heterocycles. The summed E-state index contributed by atoms with van der Waals surface area (Å²) in [5, 5.41) is 3.57. The van der Waals surface area contributed by atoms with Gasteiger partial charge in [-0.15, -0.1) is 0 Å². The van der Waals surface area contributed by atoms with Gasteiger partial charge in [-0.25, -0.2) is 0 Å². The van der Waals surface area contributed by atoms with Gasteiger partial charge in [0.2, 0.25) is 0 Å². The van der Waals surface area contributed by atoms with E-state index in [4.69, 9.17) is 9.47 Å². The molecule has 0 spiro atoms. The fraction of sp³-hybridized carbons (Fsp3) is 0.353. The molecular formula is C17H20N2O2. The van der Waals surface area contributed by atoms with Crippen molar-refractivity contribution >= 4 is 0 Å². The molecule has 0 radical (unpaired) electrons. The van der Waals surface area contributed by atoms with Crippen LogP contribution in [-0.2, 0) is 6.42 Å². The molecule has 1 aromatic heterocycles. The number of nitrogens with zero attached hydrogens (tertiary/aromatic N) is 1. The molecular weight excluding hydrogens is 264 g/mol. The van der Waals surface area contributed by atoms with Gasteiger partial charge in [0.05, 0.1) is 19.8 Å². The SMILES string of the molecule is CCOc1cc2c(cc1OC)CCNC2c1ccncc1. The molecule has 1 unspecified atom stereocenters. The normalized spacial score (nSPS) is 17.1. The molecule has 1 atom stereocenters. The summed E-state index contributed by atoms with van der Waals surface area (Å²) in [6.07, 6.45) is 4.66. The van der Waals surface area contributed by atoms with Crippen LogP contribution in [-0.4, -0.2) is 25.2 Å². The standard InChI is InChI=1S/C17H20N2O2/c1-3-21-16-11-14-13(10-15(16)20-2)6-9-19-17(14)12-4-7-18-8-5-12/h4-5,7-8,10-11,17,19H,3,6,9H2,1-2H3. The zero-order valence-electron chi connectivity index (χ0n) is 12.4. The van der Waals surface area contributed by atoms with E-state index in [1.807, 2.05) is 19.3 Å². The van der Waals surface area contributed by atoms with Crippen molar-refractivity contribution in [2.75, 3.05) is 20.3 Å². The van der Waals surface area contributed by atoms with E-state index in [2.05, 4.69) is 34.6 Å². The van der Waals surface area contributed by atoms with Crippen molar-refractivity contribution in [2.24, 2.45) is 0 Å². The molecule has 1 N–H and O–H groups in total. The molecule has 4 nitrogen and oxygen atoms in total. The first-order valence-corrected chi connectivity index (χ1v) is 7.30. The number of fused-ring (bicyclic) bond motifs is 1. The van der Waals surface area contributed by atoms with Gasteiger partial charge in [0.1, 0.15) is 0 Å². The summed E-state index contributed by atoms with van der Waals surface area (Å²) in [7, 11) is 1.69. The maximum Gasteiger partial charge on any atom is 0.161 e. The lowest BCUT2D eigenvalue weighted by Gasteiger charge is -2.28. The van der Waals surface area contributed by atoms with Crippen LogP contribution in [0.4, 0.5) is 0 Å². The van der Waals surface area contributed by atoms with E-state index in [9.17, 15) is 0 Å². The van der Waals surface area contributed by atoms with Crippen LogP contribution in [0.25, 0.3) is 0 Å². The van der Waals surface area contributed by atoms with Gasteiger partial charge in [0, 0.05) is 18.9 Å². The van der Waals surface area contributed by atoms with E-state index >= 15 is 0 Å². The zero-order chi connectivity index (χ0) is 14.7. The number of nitrogens with one attached hydrogen (secondary N) is 1. The van der Waals surface area contributed by atoms with Crippen LogP contribution in [0.5, 0.6) is 11.5 Å². The molecule has 1 aromatic carbocycles. The van der Waals surface area contributed by atoms with Gasteiger partial charge in [-0.05, 0) is 54.3 Å². The van der Waals surface area contributed by atoms with Crippen molar-refractivity contribution in [2.45, 2.75) is 19.4 Å². The van der Waals surface area contributed by atoms with Crippen LogP contribution in [0, 0.1) is 0 Å². The Morgan fingerprint density at radius 3 is 2.76 bits per heavy atom. The summed E-state index contributed by atoms with van der Waals surface area (Å²) in [6.45, 7) is 3.57. The molecule has 110 valence electrons. The average Bonchev–Trinajstić information content (AvgIpc) is 2.55. The molecule has 21 heavy (non-hydrogen) atoms. The second-order valence-corrected chi connectivity index (χ2v) is 5.05. The Balaban J connectivity index is 2.06. The lowest BCUT2D eigenvalue weighted by Crippen LogP contribution is -2.30. The van der Waals surface area contributed by atoms with Crippen LogP contribution in [0.3, 0.4) is 0 Å². The monoisotopic (exact) mass is 284 g/mol. The van der Waals surface area contributed by atoms with Gasteiger partial charge in [-0.2, -0.15) is 0 Å². The van der Waals surface area contributed by atoms with Crippen molar-refractivity contribution in [3.63, 3.8) is 0 Å². The molecule has 2 aromatic rings. The molecule has 0 amide bonds. The summed E-state index contributed by atoms with van der Waals surface area (Å²) in [4.78, 5) is 4.10. The van der Waals surface area contributed by atoms with Crippen LogP contribution < -0.4 is 14.8 Å². The lowest BCUT2D eigenvalue weighted by molar-refractivity contribution is 0.309. The predicted octanol–water partition coefficient (Wildman–Crippen LogP) is 2.72. The first-order chi connectivity index (χ1) is 10.3. The van der Waals surface area contributed by atoms with E-state index in [0.717, 1.165) is 24.5 Å². The highest BCUT2D eigenvalue weighted by Crippen LogP contribution is 2.37. The second-order valence-electron chi connectivity index (χ2n) is 5.05. The molecule has 2 heterocycles. The minimum atomic E-state index is 0.182. The largest absolute Gasteiger partial charge is 0.493 e. The summed E-state index contributed by atoms with van der Waals surface area (Å²) >= 11 is 0. The van der Waals surface area contributed by atoms with E-state index in [0.29, 0.717) is 6.61 Å². The van der Waals surface area contributed by atoms with Crippen LogP contribution in [0.2, 0.25) is 0 Å². The number of hydrogen-bond acceptors (Lipinski definition) is 4. The van der Waals surface area contributed by atoms with E-state index < -0.39 is 0 Å². The molecule has 1 aliphatic rings. The van der Waals surface area contributed by atoms with Gasteiger partial charge in [0.15, 0.2) is 11.5 Å². The summed E-state index contributed by atoms with van der Waals surface area (Å²) < 4.78 is 11.2. The Kier molecular flexibility index (Phi) is 4.06. The van der Waals surface area contributed by atoms with Gasteiger partial charge < -0.3 is 14.8 Å². The first-order valence-electron chi connectivity index (χ1n) is 7.30. The quantitative estimate of drug-likeness (QED) is 0.937. The second kappa shape index (κ2) is 6.14. The molecule has 0 aliphatic carbocycles. The van der Waals surface area contributed by atoms with E-state index in [-0.39, 0.29) is 6.04 Å². The number of rotatable bonds is 4. The maximum absolute atomic E-state index is 5.71. The summed E-state index contributed by atoms with van der Waals surface area (Å²) in [6, 6.07) is 8.50. The van der Waals surface area contributed by atoms with E-state index in [1.165, 1.54) is 16.7 Å². The fourth-order valence-electron chi connectivity index (χ4n) is 2.85. The van der Waals surface area contributed by atoms with Crippen molar-refractivity contribution in [1.82, 2.24) is 10.3 Å². The lowest BCUT2D eigenvalue weighted by atomic mass is 9.90. The predicted molar refractivity (Wildman–Crippen MR) is 81.9 cm³/mol. The maximum atomic E-state index is 5.71. The highest BCUT2D eigenvalue weighted by atomic mass is 16.5. The van der Waals surface area contributed by atoms with E-state index in [1.54, 1.807) is 7.11 Å². The van der Waals surface area contributed by atoms with Crippen molar-refractivity contribution < 1.29 is 9.47 Å². The molecule has 0 saturated carbocycles.